The average Bonchev–Trinajstić information content (AvgIpc) is 2.67. The first-order valence-electron chi connectivity index (χ1n) is 7.45. The van der Waals surface area contributed by atoms with Gasteiger partial charge in [-0.2, -0.15) is 8.42 Å². The van der Waals surface area contributed by atoms with Crippen molar-refractivity contribution in [1.82, 2.24) is 10.2 Å². The monoisotopic (exact) mass is 414 g/mol. The fraction of sp³-hybridized carbons (Fsp3) is 0.133. The number of amides is 1. The minimum absolute atomic E-state index is 0.0467. The summed E-state index contributed by atoms with van der Waals surface area (Å²) >= 11 is 0. The molecule has 146 valence electrons. The summed E-state index contributed by atoms with van der Waals surface area (Å²) in [6.07, 6.45) is 0. The molecule has 0 heterocycles. The van der Waals surface area contributed by atoms with E-state index in [0.29, 0.717) is 5.69 Å². The molecule has 0 saturated heterocycles. The van der Waals surface area contributed by atoms with E-state index in [0.717, 1.165) is 4.31 Å². The molecule has 2 aromatic carbocycles. The van der Waals surface area contributed by atoms with Crippen LogP contribution in [0.1, 0.15) is 10.4 Å². The summed E-state index contributed by atoms with van der Waals surface area (Å²) < 4.78 is 53.6. The predicted octanol–water partition coefficient (Wildman–Crippen LogP) is 0.507. The highest BCUT2D eigenvalue weighted by atomic mass is 32.2. The van der Waals surface area contributed by atoms with E-state index in [1.165, 1.54) is 68.1 Å². The van der Waals surface area contributed by atoms with Gasteiger partial charge in [0.2, 0.25) is 0 Å². The van der Waals surface area contributed by atoms with Gasteiger partial charge >= 0.3 is 0 Å². The van der Waals surface area contributed by atoms with Crippen LogP contribution < -0.4 is 19.2 Å². The minimum Gasteiger partial charge on any atom is -0.288 e. The number of anilines is 2. The average molecular weight is 414 g/mol. The van der Waals surface area contributed by atoms with Crippen LogP contribution in [0.4, 0.5) is 11.4 Å². The lowest BCUT2D eigenvalue weighted by Crippen LogP contribution is -2.27. The largest absolute Gasteiger partial charge is 0.298 e. The molecule has 27 heavy (non-hydrogen) atoms. The Balaban J connectivity index is 2.25. The number of benzene rings is 2. The van der Waals surface area contributed by atoms with Gasteiger partial charge in [0.05, 0.1) is 10.6 Å². The summed E-state index contributed by atoms with van der Waals surface area (Å²) in [7, 11) is -5.03. The molecule has 0 radical (unpaired) electrons. The number of carbonyl (C=O) groups excluding carboxylic acids is 1. The lowest BCUT2D eigenvalue weighted by molar-refractivity contribution is 0.0706. The Kier molecular flexibility index (Phi) is 6.05. The highest BCUT2D eigenvalue weighted by Crippen LogP contribution is 2.23. The number of nitrogens with one attached hydrogen (secondary N) is 3. The molecule has 0 fully saturated rings. The molecular weight excluding hydrogens is 396 g/mol. The fourth-order valence-electron chi connectivity index (χ4n) is 2.09. The summed E-state index contributed by atoms with van der Waals surface area (Å²) in [6.45, 7) is 0. The third-order valence-corrected chi connectivity index (χ3v) is 6.47. The van der Waals surface area contributed by atoms with E-state index in [-0.39, 0.29) is 16.1 Å². The van der Waals surface area contributed by atoms with Crippen LogP contribution in [0.3, 0.4) is 0 Å². The molecule has 0 aliphatic carbocycles. The Morgan fingerprint density at radius 3 is 2.00 bits per heavy atom. The van der Waals surface area contributed by atoms with Crippen LogP contribution in [0.15, 0.2) is 53.4 Å². The fourth-order valence-corrected chi connectivity index (χ4v) is 3.83. The quantitative estimate of drug-likeness (QED) is 0.384. The van der Waals surface area contributed by atoms with Gasteiger partial charge in [-0.25, -0.2) is 18.6 Å². The molecule has 0 atom stereocenters. The van der Waals surface area contributed by atoms with Crippen molar-refractivity contribution < 1.29 is 26.8 Å². The molecule has 0 spiro atoms. The third kappa shape index (κ3) is 4.74. The molecule has 0 bridgehead atoms. The van der Waals surface area contributed by atoms with Crippen LogP contribution in [0, 0.1) is 0 Å². The molecule has 2 rings (SSSR count). The first kappa shape index (κ1) is 20.6. The van der Waals surface area contributed by atoms with E-state index in [1.807, 2.05) is 0 Å². The van der Waals surface area contributed by atoms with Crippen molar-refractivity contribution in [2.75, 3.05) is 23.1 Å². The molecule has 0 unspecified atom stereocenters. The highest BCUT2D eigenvalue weighted by Gasteiger charge is 2.21. The zero-order valence-electron chi connectivity index (χ0n) is 14.4. The van der Waals surface area contributed by atoms with E-state index in [2.05, 4.69) is 9.44 Å². The molecule has 12 heteroatoms. The molecule has 0 saturated carbocycles. The molecule has 4 N–H and O–H groups in total. The van der Waals surface area contributed by atoms with Gasteiger partial charge in [-0.1, -0.05) is 0 Å². The Bertz CT molecular complexity index is 1020. The Hall–Kier alpha value is -2.67. The van der Waals surface area contributed by atoms with Crippen molar-refractivity contribution >= 4 is 37.5 Å². The Labute approximate surface area is 157 Å². The minimum atomic E-state index is -3.91. The van der Waals surface area contributed by atoms with Gasteiger partial charge in [0, 0.05) is 25.3 Å². The maximum atomic E-state index is 12.7. The van der Waals surface area contributed by atoms with Crippen molar-refractivity contribution in [3.8, 4) is 0 Å². The van der Waals surface area contributed by atoms with Crippen molar-refractivity contribution in [2.24, 2.45) is 0 Å². The second kappa shape index (κ2) is 7.92. The molecule has 0 aromatic heterocycles. The van der Waals surface area contributed by atoms with Gasteiger partial charge in [-0.15, -0.1) is 0 Å². The van der Waals surface area contributed by atoms with Crippen molar-refractivity contribution in [2.45, 2.75) is 4.90 Å². The number of carbonyl (C=O) groups is 1. The lowest BCUT2D eigenvalue weighted by atomic mass is 10.2. The standard InChI is InChI=1S/C15H18N4O6S2/c1-16-27(24,25)18-12-5-9-14(10-6-12)26(22,23)19(2)13-7-3-11(4-8-13)15(20)17-21/h3-10,16,18,21H,1-2H3,(H,17,20). The lowest BCUT2D eigenvalue weighted by Gasteiger charge is -2.20. The Morgan fingerprint density at radius 2 is 1.52 bits per heavy atom. The number of rotatable bonds is 7. The number of hydrogen-bond donors (Lipinski definition) is 4. The summed E-state index contributed by atoms with van der Waals surface area (Å²) in [5.74, 6) is -0.716. The van der Waals surface area contributed by atoms with Gasteiger partial charge in [0.1, 0.15) is 0 Å². The summed E-state index contributed by atoms with van der Waals surface area (Å²) in [6, 6.07) is 10.7. The Morgan fingerprint density at radius 1 is 0.963 bits per heavy atom. The molecule has 2 aromatic rings. The zero-order valence-corrected chi connectivity index (χ0v) is 16.0. The van der Waals surface area contributed by atoms with Crippen LogP contribution in [-0.2, 0) is 20.2 Å². The van der Waals surface area contributed by atoms with Crippen molar-refractivity contribution in [3.05, 3.63) is 54.1 Å². The van der Waals surface area contributed by atoms with Gasteiger partial charge in [-0.3, -0.25) is 19.0 Å². The number of hydrogen-bond acceptors (Lipinski definition) is 6. The number of hydroxylamine groups is 1. The zero-order chi connectivity index (χ0) is 20.2. The maximum Gasteiger partial charge on any atom is 0.298 e. The number of sulfonamides is 1. The van der Waals surface area contributed by atoms with Crippen LogP contribution >= 0.6 is 0 Å². The van der Waals surface area contributed by atoms with E-state index < -0.39 is 26.1 Å². The summed E-state index contributed by atoms with van der Waals surface area (Å²) in [5, 5.41) is 8.60. The first-order chi connectivity index (χ1) is 12.6. The molecular formula is C15H18N4O6S2. The van der Waals surface area contributed by atoms with Gasteiger partial charge < -0.3 is 0 Å². The highest BCUT2D eigenvalue weighted by molar-refractivity contribution is 7.92. The van der Waals surface area contributed by atoms with Gasteiger partial charge in [0.15, 0.2) is 0 Å². The number of nitrogens with zero attached hydrogens (tertiary/aromatic N) is 1. The molecule has 10 nitrogen and oxygen atoms in total. The second-order valence-electron chi connectivity index (χ2n) is 5.29. The normalized spacial score (nSPS) is 11.7. The maximum absolute atomic E-state index is 12.7. The van der Waals surface area contributed by atoms with Gasteiger partial charge in [0.25, 0.3) is 26.1 Å². The first-order valence-corrected chi connectivity index (χ1v) is 10.4. The van der Waals surface area contributed by atoms with Crippen LogP contribution in [-0.4, -0.2) is 42.0 Å². The van der Waals surface area contributed by atoms with Crippen molar-refractivity contribution in [3.63, 3.8) is 0 Å². The molecule has 0 aliphatic heterocycles. The van der Waals surface area contributed by atoms with Crippen LogP contribution in [0.2, 0.25) is 0 Å². The van der Waals surface area contributed by atoms with E-state index in [4.69, 9.17) is 5.21 Å². The van der Waals surface area contributed by atoms with Crippen molar-refractivity contribution in [1.29, 1.82) is 0 Å². The van der Waals surface area contributed by atoms with Crippen LogP contribution in [0.5, 0.6) is 0 Å². The predicted molar refractivity (Wildman–Crippen MR) is 99.3 cm³/mol. The third-order valence-electron chi connectivity index (χ3n) is 3.63. The summed E-state index contributed by atoms with van der Waals surface area (Å²) in [5.41, 5.74) is 2.14. The SMILES string of the molecule is CNS(=O)(=O)Nc1ccc(S(=O)(=O)N(C)c2ccc(C(=O)NO)cc2)cc1. The van der Waals surface area contributed by atoms with E-state index >= 15 is 0 Å². The van der Waals surface area contributed by atoms with Crippen LogP contribution in [0.25, 0.3) is 0 Å². The van der Waals surface area contributed by atoms with E-state index in [1.54, 1.807) is 0 Å². The topological polar surface area (TPSA) is 145 Å². The van der Waals surface area contributed by atoms with Gasteiger partial charge in [-0.05, 0) is 48.5 Å². The molecule has 1 amide bonds. The summed E-state index contributed by atoms with van der Waals surface area (Å²) in [4.78, 5) is 11.3. The smallest absolute Gasteiger partial charge is 0.288 e. The molecule has 0 aliphatic rings. The second-order valence-corrected chi connectivity index (χ2v) is 8.88. The van der Waals surface area contributed by atoms with E-state index in [9.17, 15) is 21.6 Å².